The minimum atomic E-state index is 0.657. The van der Waals surface area contributed by atoms with Gasteiger partial charge in [0, 0.05) is 59.1 Å². The molecule has 0 N–H and O–H groups in total. The molecule has 0 atom stereocenters. The Morgan fingerprint density at radius 2 is 1.80 bits per heavy atom. The first-order valence-electron chi connectivity index (χ1n) is 9.06. The average molecular weight is 351 g/mol. The molecule has 3 heterocycles. The highest BCUT2D eigenvalue weighted by molar-refractivity contribution is 5.44. The van der Waals surface area contributed by atoms with Gasteiger partial charge in [-0.3, -0.25) is 4.90 Å². The lowest BCUT2D eigenvalue weighted by Gasteiger charge is -2.35. The number of hydrogen-bond donors (Lipinski definition) is 0. The summed E-state index contributed by atoms with van der Waals surface area (Å²) >= 11 is 0. The van der Waals surface area contributed by atoms with Crippen LogP contribution in [-0.2, 0) is 14.2 Å². The quantitative estimate of drug-likeness (QED) is 0.611. The van der Waals surface area contributed by atoms with Crippen LogP contribution in [0, 0.1) is 0 Å². The van der Waals surface area contributed by atoms with Crippen molar-refractivity contribution in [1.29, 1.82) is 0 Å². The molecule has 1 aromatic heterocycles. The van der Waals surface area contributed by atoms with Crippen LogP contribution in [0.5, 0.6) is 0 Å². The van der Waals surface area contributed by atoms with Gasteiger partial charge in [0.2, 0.25) is 5.95 Å². The van der Waals surface area contributed by atoms with Gasteiger partial charge in [0.05, 0.1) is 33.0 Å². The summed E-state index contributed by atoms with van der Waals surface area (Å²) in [5, 5.41) is 0. The summed E-state index contributed by atoms with van der Waals surface area (Å²) in [6, 6.07) is 1.99. The SMILES string of the molecule is COCCOCCN1CCN(c2nccc(N3CCOCC3)n2)CC1. The summed E-state index contributed by atoms with van der Waals surface area (Å²) in [5.41, 5.74) is 0. The Bertz CT molecular complexity index is 505. The number of ether oxygens (including phenoxy) is 3. The number of morpholine rings is 1. The monoisotopic (exact) mass is 351 g/mol. The molecule has 0 saturated carbocycles. The van der Waals surface area contributed by atoms with Crippen LogP contribution in [-0.4, -0.2) is 101 Å². The lowest BCUT2D eigenvalue weighted by molar-refractivity contribution is 0.0563. The van der Waals surface area contributed by atoms with Crippen molar-refractivity contribution < 1.29 is 14.2 Å². The van der Waals surface area contributed by atoms with Crippen LogP contribution in [0.2, 0.25) is 0 Å². The largest absolute Gasteiger partial charge is 0.382 e. The number of hydrogen-bond acceptors (Lipinski definition) is 8. The Balaban J connectivity index is 1.44. The Labute approximate surface area is 149 Å². The zero-order valence-electron chi connectivity index (χ0n) is 15.1. The minimum Gasteiger partial charge on any atom is -0.382 e. The summed E-state index contributed by atoms with van der Waals surface area (Å²) in [4.78, 5) is 16.2. The maximum atomic E-state index is 5.55. The number of nitrogens with zero attached hydrogens (tertiary/aromatic N) is 5. The van der Waals surface area contributed by atoms with E-state index in [4.69, 9.17) is 19.2 Å². The fourth-order valence-corrected chi connectivity index (χ4v) is 3.07. The second-order valence-electron chi connectivity index (χ2n) is 6.25. The summed E-state index contributed by atoms with van der Waals surface area (Å²) < 4.78 is 15.9. The molecule has 25 heavy (non-hydrogen) atoms. The molecular weight excluding hydrogens is 322 g/mol. The van der Waals surface area contributed by atoms with E-state index in [9.17, 15) is 0 Å². The number of piperazine rings is 1. The van der Waals surface area contributed by atoms with Crippen molar-refractivity contribution in [2.75, 3.05) is 95.8 Å². The topological polar surface area (TPSA) is 63.2 Å². The Morgan fingerprint density at radius 3 is 2.56 bits per heavy atom. The predicted molar refractivity (Wildman–Crippen MR) is 96.4 cm³/mol. The standard InChI is InChI=1S/C17H29N5O3/c1-23-14-15-25-11-8-20-4-6-22(7-5-20)17-18-3-2-16(19-17)21-9-12-24-13-10-21/h2-3H,4-15H2,1H3. The van der Waals surface area contributed by atoms with E-state index in [2.05, 4.69) is 19.7 Å². The molecule has 3 rings (SSSR count). The third-order valence-corrected chi connectivity index (χ3v) is 4.60. The molecule has 2 saturated heterocycles. The third-order valence-electron chi connectivity index (χ3n) is 4.60. The molecule has 0 aromatic carbocycles. The second kappa shape index (κ2) is 9.86. The second-order valence-corrected chi connectivity index (χ2v) is 6.25. The van der Waals surface area contributed by atoms with Crippen molar-refractivity contribution in [2.24, 2.45) is 0 Å². The van der Waals surface area contributed by atoms with Crippen molar-refractivity contribution in [3.8, 4) is 0 Å². The lowest BCUT2D eigenvalue weighted by Crippen LogP contribution is -2.48. The maximum absolute atomic E-state index is 5.55. The highest BCUT2D eigenvalue weighted by Gasteiger charge is 2.20. The summed E-state index contributed by atoms with van der Waals surface area (Å²) in [6.45, 7) is 10.3. The normalized spacial score (nSPS) is 19.4. The number of methoxy groups -OCH3 is 1. The average Bonchev–Trinajstić information content (AvgIpc) is 2.69. The summed E-state index contributed by atoms with van der Waals surface area (Å²) in [5.74, 6) is 1.84. The molecule has 0 unspecified atom stereocenters. The first kappa shape index (κ1) is 18.3. The lowest BCUT2D eigenvalue weighted by atomic mass is 10.3. The zero-order valence-corrected chi connectivity index (χ0v) is 15.1. The van der Waals surface area contributed by atoms with Crippen molar-refractivity contribution in [3.63, 3.8) is 0 Å². The van der Waals surface area contributed by atoms with Gasteiger partial charge in [-0.1, -0.05) is 0 Å². The Kier molecular flexibility index (Phi) is 7.22. The van der Waals surface area contributed by atoms with E-state index in [1.165, 1.54) is 0 Å². The molecule has 8 nitrogen and oxygen atoms in total. The fraction of sp³-hybridized carbons (Fsp3) is 0.765. The van der Waals surface area contributed by atoms with E-state index in [1.807, 2.05) is 12.3 Å². The molecule has 140 valence electrons. The van der Waals surface area contributed by atoms with E-state index < -0.39 is 0 Å². The van der Waals surface area contributed by atoms with Gasteiger partial charge < -0.3 is 24.0 Å². The van der Waals surface area contributed by atoms with E-state index in [0.717, 1.165) is 77.4 Å². The van der Waals surface area contributed by atoms with Crippen LogP contribution >= 0.6 is 0 Å². The van der Waals surface area contributed by atoms with E-state index in [-0.39, 0.29) is 0 Å². The molecule has 1 aromatic rings. The molecule has 0 radical (unpaired) electrons. The highest BCUT2D eigenvalue weighted by Crippen LogP contribution is 2.17. The summed E-state index contributed by atoms with van der Waals surface area (Å²) in [7, 11) is 1.69. The minimum absolute atomic E-state index is 0.657. The van der Waals surface area contributed by atoms with Gasteiger partial charge in [-0.2, -0.15) is 4.98 Å². The van der Waals surface area contributed by atoms with Crippen LogP contribution < -0.4 is 9.80 Å². The van der Waals surface area contributed by atoms with Crippen molar-refractivity contribution in [1.82, 2.24) is 14.9 Å². The van der Waals surface area contributed by atoms with Gasteiger partial charge in [0.25, 0.3) is 0 Å². The van der Waals surface area contributed by atoms with Gasteiger partial charge >= 0.3 is 0 Å². The van der Waals surface area contributed by atoms with Gasteiger partial charge in [0.1, 0.15) is 5.82 Å². The molecule has 0 spiro atoms. The molecule has 2 aliphatic rings. The van der Waals surface area contributed by atoms with Gasteiger partial charge in [-0.05, 0) is 6.07 Å². The highest BCUT2D eigenvalue weighted by atomic mass is 16.5. The van der Waals surface area contributed by atoms with Gasteiger partial charge in [0.15, 0.2) is 0 Å². The van der Waals surface area contributed by atoms with Crippen LogP contribution in [0.3, 0.4) is 0 Å². The maximum Gasteiger partial charge on any atom is 0.227 e. The van der Waals surface area contributed by atoms with Crippen molar-refractivity contribution in [2.45, 2.75) is 0 Å². The zero-order chi connectivity index (χ0) is 17.3. The van der Waals surface area contributed by atoms with Crippen molar-refractivity contribution in [3.05, 3.63) is 12.3 Å². The molecule has 8 heteroatoms. The predicted octanol–water partition coefficient (Wildman–Crippen LogP) is 0.0982. The molecule has 2 fully saturated rings. The van der Waals surface area contributed by atoms with Gasteiger partial charge in [-0.15, -0.1) is 0 Å². The van der Waals surface area contributed by atoms with Crippen LogP contribution in [0.25, 0.3) is 0 Å². The van der Waals surface area contributed by atoms with E-state index in [1.54, 1.807) is 7.11 Å². The summed E-state index contributed by atoms with van der Waals surface area (Å²) in [6.07, 6.45) is 1.86. The molecule has 0 bridgehead atoms. The van der Waals surface area contributed by atoms with E-state index in [0.29, 0.717) is 13.2 Å². The van der Waals surface area contributed by atoms with Crippen molar-refractivity contribution >= 4 is 11.8 Å². The molecule has 2 aliphatic heterocycles. The Morgan fingerprint density at radius 1 is 1.00 bits per heavy atom. The fourth-order valence-electron chi connectivity index (χ4n) is 3.07. The third kappa shape index (κ3) is 5.50. The number of aromatic nitrogens is 2. The van der Waals surface area contributed by atoms with Crippen LogP contribution in [0.4, 0.5) is 11.8 Å². The molecular formula is C17H29N5O3. The Hall–Kier alpha value is -1.48. The first-order valence-corrected chi connectivity index (χ1v) is 9.06. The molecule has 0 aliphatic carbocycles. The van der Waals surface area contributed by atoms with Gasteiger partial charge in [-0.25, -0.2) is 4.98 Å². The first-order chi connectivity index (χ1) is 12.4. The molecule has 0 amide bonds. The van der Waals surface area contributed by atoms with Crippen LogP contribution in [0.15, 0.2) is 12.3 Å². The number of anilines is 2. The smallest absolute Gasteiger partial charge is 0.227 e. The number of rotatable bonds is 8. The van der Waals surface area contributed by atoms with E-state index >= 15 is 0 Å². The van der Waals surface area contributed by atoms with Crippen LogP contribution in [0.1, 0.15) is 0 Å².